The summed E-state index contributed by atoms with van der Waals surface area (Å²) in [7, 11) is 1.66. The maximum atomic E-state index is 13.3. The molecule has 142 valence electrons. The Bertz CT molecular complexity index is 913. The highest BCUT2D eigenvalue weighted by Crippen LogP contribution is 2.52. The van der Waals surface area contributed by atoms with Crippen molar-refractivity contribution < 1.29 is 9.53 Å². The molecule has 0 saturated carbocycles. The molecule has 0 aliphatic carbocycles. The van der Waals surface area contributed by atoms with Crippen LogP contribution < -0.4 is 15.4 Å². The Morgan fingerprint density at radius 2 is 2.11 bits per heavy atom. The summed E-state index contributed by atoms with van der Waals surface area (Å²) >= 11 is 0. The second kappa shape index (κ2) is 5.94. The highest BCUT2D eigenvalue weighted by atomic mass is 16.5. The number of ether oxygens (including phenoxy) is 1. The molecule has 1 unspecified atom stereocenters. The number of azo groups is 1. The van der Waals surface area contributed by atoms with Gasteiger partial charge >= 0.3 is 0 Å². The maximum absolute atomic E-state index is 13.3. The molecule has 3 aliphatic rings. The minimum Gasteiger partial charge on any atom is -0.497 e. The van der Waals surface area contributed by atoms with Crippen molar-refractivity contribution in [3.05, 3.63) is 52.4 Å². The SMILES string of the molecule is CC[C@@]1(c2cccc(OC)c2)C2=C(CC(C)(C)NC2=O)NC2N=NC(C)=C21. The normalized spacial score (nSPS) is 28.5. The van der Waals surface area contributed by atoms with E-state index in [9.17, 15) is 4.79 Å². The molecule has 1 amide bonds. The molecule has 3 heterocycles. The van der Waals surface area contributed by atoms with Gasteiger partial charge in [-0.25, -0.2) is 0 Å². The number of carbonyl (C=O) groups is 1. The Kier molecular flexibility index (Phi) is 3.91. The first-order valence-electron chi connectivity index (χ1n) is 9.41. The molecule has 0 radical (unpaired) electrons. The van der Waals surface area contributed by atoms with Crippen molar-refractivity contribution in [3.63, 3.8) is 0 Å². The van der Waals surface area contributed by atoms with E-state index in [0.29, 0.717) is 0 Å². The van der Waals surface area contributed by atoms with Crippen LogP contribution >= 0.6 is 0 Å². The lowest BCUT2D eigenvalue weighted by atomic mass is 9.61. The first-order valence-corrected chi connectivity index (χ1v) is 9.41. The number of amides is 1. The van der Waals surface area contributed by atoms with E-state index in [-0.39, 0.29) is 17.6 Å². The third kappa shape index (κ3) is 2.50. The molecule has 4 rings (SSSR count). The molecular formula is C21H26N4O2. The lowest BCUT2D eigenvalue weighted by Gasteiger charge is -2.48. The second-order valence-corrected chi connectivity index (χ2v) is 8.12. The van der Waals surface area contributed by atoms with Crippen molar-refractivity contribution in [3.8, 4) is 5.75 Å². The molecule has 0 aromatic heterocycles. The Morgan fingerprint density at radius 1 is 1.33 bits per heavy atom. The minimum absolute atomic E-state index is 0.0240. The van der Waals surface area contributed by atoms with Gasteiger partial charge in [-0.2, -0.15) is 10.2 Å². The molecular weight excluding hydrogens is 340 g/mol. The van der Waals surface area contributed by atoms with Gasteiger partial charge in [-0.15, -0.1) is 0 Å². The predicted molar refractivity (Wildman–Crippen MR) is 103 cm³/mol. The van der Waals surface area contributed by atoms with E-state index >= 15 is 0 Å². The van der Waals surface area contributed by atoms with Crippen LogP contribution in [0, 0.1) is 0 Å². The monoisotopic (exact) mass is 366 g/mol. The van der Waals surface area contributed by atoms with E-state index in [1.54, 1.807) is 7.11 Å². The van der Waals surface area contributed by atoms with Gasteiger partial charge in [-0.1, -0.05) is 19.1 Å². The summed E-state index contributed by atoms with van der Waals surface area (Å²) in [4.78, 5) is 13.3. The van der Waals surface area contributed by atoms with E-state index in [1.807, 2.05) is 39.0 Å². The Hall–Kier alpha value is -2.63. The topological polar surface area (TPSA) is 75.1 Å². The van der Waals surface area contributed by atoms with Gasteiger partial charge < -0.3 is 15.4 Å². The first-order chi connectivity index (χ1) is 12.8. The van der Waals surface area contributed by atoms with Crippen molar-refractivity contribution in [1.82, 2.24) is 10.6 Å². The predicted octanol–water partition coefficient (Wildman–Crippen LogP) is 3.56. The molecule has 0 spiro atoms. The van der Waals surface area contributed by atoms with Gasteiger partial charge in [0.25, 0.3) is 5.91 Å². The van der Waals surface area contributed by atoms with Gasteiger partial charge in [0, 0.05) is 23.2 Å². The Labute approximate surface area is 159 Å². The van der Waals surface area contributed by atoms with Gasteiger partial charge in [-0.3, -0.25) is 4.79 Å². The van der Waals surface area contributed by atoms with E-state index in [1.165, 1.54) is 0 Å². The summed E-state index contributed by atoms with van der Waals surface area (Å²) in [6.45, 7) is 8.18. The number of rotatable bonds is 3. The first kappa shape index (κ1) is 17.8. The summed E-state index contributed by atoms with van der Waals surface area (Å²) in [5.41, 5.74) is 3.86. The number of allylic oxidation sites excluding steroid dienone is 1. The number of carbonyl (C=O) groups excluding carboxylic acids is 1. The molecule has 0 fully saturated rings. The molecule has 27 heavy (non-hydrogen) atoms. The van der Waals surface area contributed by atoms with Crippen LogP contribution in [0.3, 0.4) is 0 Å². The van der Waals surface area contributed by atoms with Crippen LogP contribution in [0.15, 0.2) is 57.0 Å². The largest absolute Gasteiger partial charge is 0.497 e. The van der Waals surface area contributed by atoms with Crippen LogP contribution in [0.1, 0.15) is 46.1 Å². The van der Waals surface area contributed by atoms with Crippen molar-refractivity contribution in [1.29, 1.82) is 0 Å². The quantitative estimate of drug-likeness (QED) is 0.859. The van der Waals surface area contributed by atoms with Gasteiger partial charge in [-0.05, 0) is 44.9 Å². The second-order valence-electron chi connectivity index (χ2n) is 8.12. The number of hydrogen-bond acceptors (Lipinski definition) is 5. The zero-order valence-corrected chi connectivity index (χ0v) is 16.5. The summed E-state index contributed by atoms with van der Waals surface area (Å²) in [5.74, 6) is 0.753. The summed E-state index contributed by atoms with van der Waals surface area (Å²) < 4.78 is 5.47. The zero-order valence-electron chi connectivity index (χ0n) is 16.5. The average molecular weight is 366 g/mol. The van der Waals surface area contributed by atoms with Crippen LogP contribution in [0.2, 0.25) is 0 Å². The fourth-order valence-electron chi connectivity index (χ4n) is 4.81. The van der Waals surface area contributed by atoms with Crippen LogP contribution in [0.4, 0.5) is 0 Å². The highest BCUT2D eigenvalue weighted by molar-refractivity contribution is 6.00. The molecule has 1 aromatic rings. The third-order valence-electron chi connectivity index (χ3n) is 5.88. The van der Waals surface area contributed by atoms with Crippen molar-refractivity contribution in [2.24, 2.45) is 10.2 Å². The van der Waals surface area contributed by atoms with Crippen molar-refractivity contribution in [2.45, 2.75) is 57.7 Å². The molecule has 6 nitrogen and oxygen atoms in total. The zero-order chi connectivity index (χ0) is 19.4. The van der Waals surface area contributed by atoms with E-state index in [2.05, 4.69) is 33.9 Å². The number of methoxy groups -OCH3 is 1. The minimum atomic E-state index is -0.575. The van der Waals surface area contributed by atoms with E-state index < -0.39 is 5.41 Å². The molecule has 0 bridgehead atoms. The fourth-order valence-corrected chi connectivity index (χ4v) is 4.81. The summed E-state index contributed by atoms with van der Waals surface area (Å²) in [6.07, 6.45) is 1.25. The van der Waals surface area contributed by atoms with Gasteiger partial charge in [0.15, 0.2) is 6.17 Å². The van der Waals surface area contributed by atoms with Gasteiger partial charge in [0.05, 0.1) is 23.8 Å². The van der Waals surface area contributed by atoms with Crippen LogP contribution in [-0.4, -0.2) is 24.7 Å². The molecule has 3 aliphatic heterocycles. The number of fused-ring (bicyclic) bond motifs is 1. The van der Waals surface area contributed by atoms with Gasteiger partial charge in [0.1, 0.15) is 5.75 Å². The number of nitrogens with one attached hydrogen (secondary N) is 2. The number of nitrogens with zero attached hydrogens (tertiary/aromatic N) is 2. The smallest absolute Gasteiger partial charge is 0.250 e. The fraction of sp³-hybridized carbons (Fsp3) is 0.476. The van der Waals surface area contributed by atoms with Crippen molar-refractivity contribution >= 4 is 5.91 Å². The van der Waals surface area contributed by atoms with Crippen LogP contribution in [0.25, 0.3) is 0 Å². The van der Waals surface area contributed by atoms with E-state index in [4.69, 9.17) is 4.74 Å². The lowest BCUT2D eigenvalue weighted by Crippen LogP contribution is -2.58. The summed E-state index contributed by atoms with van der Waals surface area (Å²) in [5, 5.41) is 15.5. The molecule has 0 saturated heterocycles. The average Bonchev–Trinajstić information content (AvgIpc) is 3.00. The van der Waals surface area contributed by atoms with Crippen LogP contribution in [0.5, 0.6) is 5.75 Å². The van der Waals surface area contributed by atoms with Crippen LogP contribution in [-0.2, 0) is 10.2 Å². The molecule has 1 aromatic carbocycles. The Morgan fingerprint density at radius 3 is 2.81 bits per heavy atom. The standard InChI is InChI=1S/C21H26N4O2/c1-6-21(13-8-7-9-14(10-13)27-5)16-12(2)24-25-18(16)22-15-11-20(3,4)23-19(26)17(15)21/h7-10,18,22H,6,11H2,1-5H3,(H,23,26)/t18?,21-/m0/s1. The number of benzene rings is 1. The Balaban J connectivity index is 2.03. The third-order valence-corrected chi connectivity index (χ3v) is 5.88. The van der Waals surface area contributed by atoms with Crippen molar-refractivity contribution in [2.75, 3.05) is 7.11 Å². The highest BCUT2D eigenvalue weighted by Gasteiger charge is 2.54. The van der Waals surface area contributed by atoms with Gasteiger partial charge in [0.2, 0.25) is 0 Å². The van der Waals surface area contributed by atoms with E-state index in [0.717, 1.165) is 46.7 Å². The molecule has 6 heteroatoms. The maximum Gasteiger partial charge on any atom is 0.250 e. The molecule has 2 N–H and O–H groups in total. The summed E-state index contributed by atoms with van der Waals surface area (Å²) in [6, 6.07) is 8.01. The lowest BCUT2D eigenvalue weighted by molar-refractivity contribution is -0.120. The molecule has 2 atom stereocenters. The number of hydrogen-bond donors (Lipinski definition) is 2.